The van der Waals surface area contributed by atoms with Crippen LogP contribution in [0.2, 0.25) is 0 Å². The van der Waals surface area contributed by atoms with Gasteiger partial charge in [-0.15, -0.1) is 24.8 Å². The molecule has 4 heterocycles. The van der Waals surface area contributed by atoms with Crippen molar-refractivity contribution in [2.45, 2.75) is 39.2 Å². The monoisotopic (exact) mass is 453 g/mol. The van der Waals surface area contributed by atoms with Crippen LogP contribution in [-0.4, -0.2) is 40.3 Å². The second-order valence-corrected chi connectivity index (χ2v) is 7.71. The van der Waals surface area contributed by atoms with Crippen molar-refractivity contribution in [3.05, 3.63) is 36.2 Å². The maximum Gasteiger partial charge on any atom is 0.252 e. The SMILES string of the molecule is CC(C)n1ncc2c(C(=O)NCCC3CCCNC3)cc(-c3ccco3)nc21.Cl.Cl. The topological polar surface area (TPSA) is 85.0 Å². The lowest BCUT2D eigenvalue weighted by atomic mass is 9.96. The molecular formula is C21H29Cl2N5O2. The molecule has 0 radical (unpaired) electrons. The minimum Gasteiger partial charge on any atom is -0.463 e. The molecule has 0 aromatic carbocycles. The first-order chi connectivity index (χ1) is 13.6. The number of piperidine rings is 1. The Bertz CT molecular complexity index is 950. The van der Waals surface area contributed by atoms with E-state index < -0.39 is 0 Å². The fourth-order valence-corrected chi connectivity index (χ4v) is 3.79. The molecule has 9 heteroatoms. The molecule has 1 saturated heterocycles. The van der Waals surface area contributed by atoms with Crippen molar-refractivity contribution in [3.63, 3.8) is 0 Å². The molecule has 1 atom stereocenters. The van der Waals surface area contributed by atoms with E-state index in [-0.39, 0.29) is 36.8 Å². The molecular weight excluding hydrogens is 425 g/mol. The predicted octanol–water partition coefficient (Wildman–Crippen LogP) is 4.24. The normalized spacial score (nSPS) is 16.2. The second kappa shape index (κ2) is 10.8. The number of furan rings is 1. The van der Waals surface area contributed by atoms with E-state index in [9.17, 15) is 4.79 Å². The van der Waals surface area contributed by atoms with Gasteiger partial charge in [0.25, 0.3) is 5.91 Å². The van der Waals surface area contributed by atoms with Gasteiger partial charge in [0.2, 0.25) is 0 Å². The van der Waals surface area contributed by atoms with E-state index in [2.05, 4.69) is 15.7 Å². The average molecular weight is 454 g/mol. The molecule has 0 aliphatic carbocycles. The first kappa shape index (κ1) is 24.2. The van der Waals surface area contributed by atoms with Gasteiger partial charge in [-0.05, 0) is 70.3 Å². The van der Waals surface area contributed by atoms with Gasteiger partial charge in [-0.25, -0.2) is 9.67 Å². The summed E-state index contributed by atoms with van der Waals surface area (Å²) in [5.74, 6) is 1.18. The standard InChI is InChI=1S/C21H27N5O2.2ClH/c1-14(2)26-20-17(13-24-26)16(11-18(25-20)19-6-4-10-28-19)21(27)23-9-7-15-5-3-8-22-12-15;;/h4,6,10-11,13-15,22H,3,5,7-9,12H2,1-2H3,(H,23,27);2*1H. The third-order valence-electron chi connectivity index (χ3n) is 5.31. The molecule has 0 saturated carbocycles. The smallest absolute Gasteiger partial charge is 0.252 e. The number of nitrogens with zero attached hydrogens (tertiary/aromatic N) is 3. The van der Waals surface area contributed by atoms with E-state index in [1.807, 2.05) is 30.7 Å². The van der Waals surface area contributed by atoms with Crippen molar-refractivity contribution in [2.24, 2.45) is 5.92 Å². The van der Waals surface area contributed by atoms with Crippen molar-refractivity contribution < 1.29 is 9.21 Å². The van der Waals surface area contributed by atoms with Gasteiger partial charge in [-0.1, -0.05) is 0 Å². The fourth-order valence-electron chi connectivity index (χ4n) is 3.79. The van der Waals surface area contributed by atoms with Gasteiger partial charge in [0.15, 0.2) is 11.4 Å². The van der Waals surface area contributed by atoms with Gasteiger partial charge in [-0.2, -0.15) is 5.10 Å². The number of halogens is 2. The van der Waals surface area contributed by atoms with Gasteiger partial charge in [0, 0.05) is 12.6 Å². The van der Waals surface area contributed by atoms with Gasteiger partial charge >= 0.3 is 0 Å². The lowest BCUT2D eigenvalue weighted by Crippen LogP contribution is -2.33. The maximum atomic E-state index is 13.0. The molecule has 30 heavy (non-hydrogen) atoms. The van der Waals surface area contributed by atoms with Crippen LogP contribution < -0.4 is 10.6 Å². The summed E-state index contributed by atoms with van der Waals surface area (Å²) >= 11 is 0. The van der Waals surface area contributed by atoms with Crippen LogP contribution in [0.15, 0.2) is 35.1 Å². The third kappa shape index (κ3) is 5.14. The molecule has 1 unspecified atom stereocenters. The third-order valence-corrected chi connectivity index (χ3v) is 5.31. The van der Waals surface area contributed by atoms with Crippen molar-refractivity contribution in [2.75, 3.05) is 19.6 Å². The van der Waals surface area contributed by atoms with Crippen LogP contribution in [0, 0.1) is 5.92 Å². The number of carbonyl (C=O) groups is 1. The minimum absolute atomic E-state index is 0. The number of fused-ring (bicyclic) bond motifs is 1. The summed E-state index contributed by atoms with van der Waals surface area (Å²) < 4.78 is 7.35. The zero-order valence-electron chi connectivity index (χ0n) is 17.3. The first-order valence-corrected chi connectivity index (χ1v) is 10.0. The largest absolute Gasteiger partial charge is 0.463 e. The Morgan fingerprint density at radius 1 is 1.40 bits per heavy atom. The Balaban J connectivity index is 0.00000160. The molecule has 164 valence electrons. The highest BCUT2D eigenvalue weighted by molar-refractivity contribution is 6.06. The molecule has 0 spiro atoms. The quantitative estimate of drug-likeness (QED) is 0.582. The summed E-state index contributed by atoms with van der Waals surface area (Å²) in [6.45, 7) is 6.91. The van der Waals surface area contributed by atoms with Crippen LogP contribution in [0.25, 0.3) is 22.5 Å². The van der Waals surface area contributed by atoms with Crippen LogP contribution >= 0.6 is 24.8 Å². The van der Waals surface area contributed by atoms with Crippen molar-refractivity contribution >= 4 is 41.8 Å². The summed E-state index contributed by atoms with van der Waals surface area (Å²) in [6.07, 6.45) is 6.77. The molecule has 1 fully saturated rings. The van der Waals surface area contributed by atoms with E-state index in [0.29, 0.717) is 35.1 Å². The Kier molecular flexibility index (Phi) is 8.70. The van der Waals surface area contributed by atoms with Crippen LogP contribution in [0.3, 0.4) is 0 Å². The number of amides is 1. The molecule has 1 amide bonds. The maximum absolute atomic E-state index is 13.0. The number of aromatic nitrogens is 3. The van der Waals surface area contributed by atoms with Crippen LogP contribution in [0.4, 0.5) is 0 Å². The van der Waals surface area contributed by atoms with Gasteiger partial charge in [0.05, 0.1) is 23.4 Å². The molecule has 7 nitrogen and oxygen atoms in total. The average Bonchev–Trinajstić information content (AvgIpc) is 3.37. The van der Waals surface area contributed by atoms with Crippen molar-refractivity contribution in [3.8, 4) is 11.5 Å². The number of rotatable bonds is 6. The van der Waals surface area contributed by atoms with Gasteiger partial charge in [-0.3, -0.25) is 4.79 Å². The zero-order valence-corrected chi connectivity index (χ0v) is 18.9. The summed E-state index contributed by atoms with van der Waals surface area (Å²) in [5.41, 5.74) is 1.93. The Hall–Kier alpha value is -2.09. The van der Waals surface area contributed by atoms with Crippen molar-refractivity contribution in [1.29, 1.82) is 0 Å². The van der Waals surface area contributed by atoms with Crippen LogP contribution in [0.1, 0.15) is 49.5 Å². The van der Waals surface area contributed by atoms with Crippen LogP contribution in [0.5, 0.6) is 0 Å². The second-order valence-electron chi connectivity index (χ2n) is 7.71. The molecule has 1 aliphatic rings. The highest BCUT2D eigenvalue weighted by Crippen LogP contribution is 2.26. The molecule has 0 bridgehead atoms. The molecule has 4 rings (SSSR count). The van der Waals surface area contributed by atoms with Gasteiger partial charge < -0.3 is 15.1 Å². The fraction of sp³-hybridized carbons (Fsp3) is 0.476. The summed E-state index contributed by atoms with van der Waals surface area (Å²) in [7, 11) is 0. The molecule has 3 aromatic rings. The molecule has 3 aromatic heterocycles. The Labute approximate surface area is 188 Å². The highest BCUT2D eigenvalue weighted by atomic mass is 35.5. The summed E-state index contributed by atoms with van der Waals surface area (Å²) in [4.78, 5) is 17.7. The van der Waals surface area contributed by atoms with Gasteiger partial charge in [0.1, 0.15) is 5.69 Å². The van der Waals surface area contributed by atoms with E-state index >= 15 is 0 Å². The summed E-state index contributed by atoms with van der Waals surface area (Å²) in [5, 5.41) is 11.7. The van der Waals surface area contributed by atoms with E-state index in [1.165, 1.54) is 12.8 Å². The molecule has 1 aliphatic heterocycles. The number of hydrogen-bond acceptors (Lipinski definition) is 5. The summed E-state index contributed by atoms with van der Waals surface area (Å²) in [6, 6.07) is 5.61. The first-order valence-electron chi connectivity index (χ1n) is 10.0. The minimum atomic E-state index is -0.0905. The van der Waals surface area contributed by atoms with Crippen LogP contribution in [-0.2, 0) is 0 Å². The van der Waals surface area contributed by atoms with Crippen molar-refractivity contribution in [1.82, 2.24) is 25.4 Å². The lowest BCUT2D eigenvalue weighted by Gasteiger charge is -2.22. The number of hydrogen-bond donors (Lipinski definition) is 2. The van der Waals surface area contributed by atoms with E-state index in [1.54, 1.807) is 18.5 Å². The lowest BCUT2D eigenvalue weighted by molar-refractivity contribution is 0.0952. The highest BCUT2D eigenvalue weighted by Gasteiger charge is 2.20. The number of pyridine rings is 1. The number of nitrogens with one attached hydrogen (secondary N) is 2. The predicted molar refractivity (Wildman–Crippen MR) is 123 cm³/mol. The molecule has 2 N–H and O–H groups in total. The van der Waals surface area contributed by atoms with E-state index in [0.717, 1.165) is 24.9 Å². The zero-order chi connectivity index (χ0) is 19.5. The Morgan fingerprint density at radius 2 is 2.23 bits per heavy atom. The van der Waals surface area contributed by atoms with E-state index in [4.69, 9.17) is 9.40 Å². The number of carbonyl (C=O) groups excluding carboxylic acids is 1. The Morgan fingerprint density at radius 3 is 2.90 bits per heavy atom.